The van der Waals surface area contributed by atoms with Gasteiger partial charge in [-0.15, -0.1) is 0 Å². The molecule has 1 nitrogen and oxygen atoms in total. The molecule has 0 atom stereocenters. The zero-order valence-corrected chi connectivity index (χ0v) is 9.71. The van der Waals surface area contributed by atoms with Gasteiger partial charge in [-0.1, -0.05) is 34.6 Å². The first-order chi connectivity index (χ1) is 5.09. The molecule has 0 saturated heterocycles. The van der Waals surface area contributed by atoms with Gasteiger partial charge in [0.1, 0.15) is 0 Å². The number of rotatable bonds is 5. The molecular weight excluding hydrogens is 152 g/mol. The van der Waals surface area contributed by atoms with Gasteiger partial charge in [-0.2, -0.15) is 0 Å². The Hall–Kier alpha value is 0.177. The summed E-state index contributed by atoms with van der Waals surface area (Å²) in [7, 11) is -0.898. The summed E-state index contributed by atoms with van der Waals surface area (Å²) in [6.07, 6.45) is 1.16. The molecule has 0 heterocycles. The maximum absolute atomic E-state index is 5.85. The average molecular weight is 174 g/mol. The monoisotopic (exact) mass is 174 g/mol. The molecule has 0 unspecified atom stereocenters. The van der Waals surface area contributed by atoms with E-state index < -0.39 is 9.04 Å². The fourth-order valence-corrected chi connectivity index (χ4v) is 4.23. The van der Waals surface area contributed by atoms with Crippen molar-refractivity contribution in [3.63, 3.8) is 0 Å². The molecule has 0 N–H and O–H groups in total. The molecule has 0 aromatic carbocycles. The molecule has 11 heavy (non-hydrogen) atoms. The van der Waals surface area contributed by atoms with Crippen LogP contribution in [0.2, 0.25) is 11.1 Å². The van der Waals surface area contributed by atoms with Crippen molar-refractivity contribution in [1.82, 2.24) is 0 Å². The molecule has 0 radical (unpaired) electrons. The highest BCUT2D eigenvalue weighted by atomic mass is 28.3. The van der Waals surface area contributed by atoms with Crippen molar-refractivity contribution in [2.45, 2.75) is 52.1 Å². The summed E-state index contributed by atoms with van der Waals surface area (Å²) in [5, 5.41) is 0. The fraction of sp³-hybridized carbons (Fsp3) is 1.00. The standard InChI is InChI=1S/C9H22OSi/c1-6-7-10-11(8(2)3)9(4)5/h8-9,11H,6-7H2,1-5H3. The predicted octanol–water partition coefficient (Wildman–Crippen LogP) is 2.96. The zero-order valence-electron chi connectivity index (χ0n) is 8.55. The second-order valence-electron chi connectivity index (χ2n) is 3.82. The van der Waals surface area contributed by atoms with Gasteiger partial charge in [0, 0.05) is 6.61 Å². The van der Waals surface area contributed by atoms with Crippen molar-refractivity contribution in [2.75, 3.05) is 6.61 Å². The van der Waals surface area contributed by atoms with E-state index in [1.165, 1.54) is 0 Å². The van der Waals surface area contributed by atoms with Crippen LogP contribution in [0, 0.1) is 0 Å². The fourth-order valence-electron chi connectivity index (χ4n) is 1.41. The molecule has 0 saturated carbocycles. The largest absolute Gasteiger partial charge is 0.420 e. The summed E-state index contributed by atoms with van der Waals surface area (Å²) >= 11 is 0. The van der Waals surface area contributed by atoms with Crippen molar-refractivity contribution < 1.29 is 4.43 Å². The van der Waals surface area contributed by atoms with Gasteiger partial charge < -0.3 is 4.43 Å². The molecular formula is C9H22OSi. The first kappa shape index (κ1) is 11.2. The third-order valence-electron chi connectivity index (χ3n) is 1.83. The Morgan fingerprint density at radius 2 is 1.55 bits per heavy atom. The van der Waals surface area contributed by atoms with Crippen LogP contribution >= 0.6 is 0 Å². The summed E-state index contributed by atoms with van der Waals surface area (Å²) in [4.78, 5) is 0. The summed E-state index contributed by atoms with van der Waals surface area (Å²) < 4.78 is 5.85. The van der Waals surface area contributed by atoms with Gasteiger partial charge in [0.15, 0.2) is 9.04 Å². The van der Waals surface area contributed by atoms with Gasteiger partial charge in [-0.3, -0.25) is 0 Å². The molecule has 2 heteroatoms. The van der Waals surface area contributed by atoms with Gasteiger partial charge in [0.2, 0.25) is 0 Å². The quantitative estimate of drug-likeness (QED) is 0.582. The normalized spacial score (nSPS) is 12.0. The molecule has 0 amide bonds. The van der Waals surface area contributed by atoms with E-state index in [1.807, 2.05) is 0 Å². The van der Waals surface area contributed by atoms with Crippen LogP contribution in [0.15, 0.2) is 0 Å². The predicted molar refractivity (Wildman–Crippen MR) is 53.6 cm³/mol. The lowest BCUT2D eigenvalue weighted by Gasteiger charge is -2.22. The van der Waals surface area contributed by atoms with Crippen LogP contribution in [0.5, 0.6) is 0 Å². The third-order valence-corrected chi connectivity index (χ3v) is 5.08. The smallest absolute Gasteiger partial charge is 0.181 e. The van der Waals surface area contributed by atoms with Crippen LogP contribution in [0.3, 0.4) is 0 Å². The topological polar surface area (TPSA) is 9.23 Å². The van der Waals surface area contributed by atoms with Crippen LogP contribution in [0.4, 0.5) is 0 Å². The van der Waals surface area contributed by atoms with Crippen LogP contribution < -0.4 is 0 Å². The van der Waals surface area contributed by atoms with E-state index in [9.17, 15) is 0 Å². The minimum atomic E-state index is -0.898. The minimum absolute atomic E-state index is 0.779. The van der Waals surface area contributed by atoms with E-state index in [0.717, 1.165) is 24.1 Å². The summed E-state index contributed by atoms with van der Waals surface area (Å²) in [5.41, 5.74) is 1.56. The molecule has 0 bridgehead atoms. The SMILES string of the molecule is CCCO[SiH](C(C)C)C(C)C. The Morgan fingerprint density at radius 3 is 1.82 bits per heavy atom. The van der Waals surface area contributed by atoms with Crippen LogP contribution in [0.25, 0.3) is 0 Å². The second-order valence-corrected chi connectivity index (χ2v) is 7.75. The molecule has 0 aromatic heterocycles. The number of hydrogen-bond acceptors (Lipinski definition) is 1. The maximum atomic E-state index is 5.85. The van der Waals surface area contributed by atoms with Gasteiger partial charge in [0.25, 0.3) is 0 Å². The van der Waals surface area contributed by atoms with Gasteiger partial charge >= 0.3 is 0 Å². The van der Waals surface area contributed by atoms with Gasteiger partial charge in [0.05, 0.1) is 0 Å². The summed E-state index contributed by atoms with van der Waals surface area (Å²) in [5.74, 6) is 0. The van der Waals surface area contributed by atoms with E-state index in [-0.39, 0.29) is 0 Å². The lowest BCUT2D eigenvalue weighted by atomic mass is 10.5. The van der Waals surface area contributed by atoms with E-state index in [4.69, 9.17) is 4.43 Å². The van der Waals surface area contributed by atoms with E-state index in [1.54, 1.807) is 0 Å². The van der Waals surface area contributed by atoms with Gasteiger partial charge in [-0.25, -0.2) is 0 Å². The van der Waals surface area contributed by atoms with Crippen molar-refractivity contribution in [1.29, 1.82) is 0 Å². The highest BCUT2D eigenvalue weighted by molar-refractivity contribution is 6.54. The van der Waals surface area contributed by atoms with Crippen molar-refractivity contribution in [2.24, 2.45) is 0 Å². The Labute approximate surface area is 72.9 Å². The Kier molecular flexibility index (Phi) is 5.87. The molecule has 68 valence electrons. The molecule has 0 rings (SSSR count). The highest BCUT2D eigenvalue weighted by Gasteiger charge is 2.19. The van der Waals surface area contributed by atoms with E-state index in [2.05, 4.69) is 34.6 Å². The Bertz CT molecular complexity index is 83.6. The lowest BCUT2D eigenvalue weighted by Crippen LogP contribution is -2.25. The molecule has 0 aromatic rings. The van der Waals surface area contributed by atoms with E-state index >= 15 is 0 Å². The first-order valence-corrected chi connectivity index (χ1v) is 6.51. The molecule has 0 aliphatic rings. The Balaban J connectivity index is 3.70. The number of hydrogen-bond donors (Lipinski definition) is 0. The van der Waals surface area contributed by atoms with Crippen LogP contribution in [-0.4, -0.2) is 15.6 Å². The molecule has 0 aliphatic heterocycles. The first-order valence-electron chi connectivity index (χ1n) is 4.71. The summed E-state index contributed by atoms with van der Waals surface area (Å²) in [6.45, 7) is 12.3. The molecule has 0 spiro atoms. The lowest BCUT2D eigenvalue weighted by molar-refractivity contribution is 0.307. The van der Waals surface area contributed by atoms with Crippen molar-refractivity contribution in [3.05, 3.63) is 0 Å². The molecule has 0 fully saturated rings. The minimum Gasteiger partial charge on any atom is -0.420 e. The molecule has 0 aliphatic carbocycles. The summed E-state index contributed by atoms with van der Waals surface area (Å²) in [6, 6.07) is 0. The van der Waals surface area contributed by atoms with Crippen LogP contribution in [-0.2, 0) is 4.43 Å². The van der Waals surface area contributed by atoms with Crippen LogP contribution in [0.1, 0.15) is 41.0 Å². The second kappa shape index (κ2) is 5.78. The van der Waals surface area contributed by atoms with E-state index in [0.29, 0.717) is 0 Å². The van der Waals surface area contributed by atoms with Crippen molar-refractivity contribution >= 4 is 9.04 Å². The van der Waals surface area contributed by atoms with Crippen molar-refractivity contribution in [3.8, 4) is 0 Å². The third kappa shape index (κ3) is 4.59. The highest BCUT2D eigenvalue weighted by Crippen LogP contribution is 2.20. The maximum Gasteiger partial charge on any atom is 0.181 e. The Morgan fingerprint density at radius 1 is 1.09 bits per heavy atom. The zero-order chi connectivity index (χ0) is 8.85. The average Bonchev–Trinajstić information content (AvgIpc) is 1.87. The van der Waals surface area contributed by atoms with Gasteiger partial charge in [-0.05, 0) is 17.5 Å².